The van der Waals surface area contributed by atoms with Gasteiger partial charge in [0.15, 0.2) is 0 Å². The average Bonchev–Trinajstić information content (AvgIpc) is 3.13. The molecule has 2 aromatic rings. The molecule has 162 valence electrons. The van der Waals surface area contributed by atoms with E-state index >= 15 is 0 Å². The lowest BCUT2D eigenvalue weighted by Crippen LogP contribution is -2.44. The summed E-state index contributed by atoms with van der Waals surface area (Å²) in [5, 5.41) is 4.18. The molecule has 1 aliphatic heterocycles. The van der Waals surface area contributed by atoms with Crippen LogP contribution in [0.15, 0.2) is 30.5 Å². The molecule has 0 unspecified atom stereocenters. The van der Waals surface area contributed by atoms with Crippen LogP contribution in [-0.2, 0) is 9.47 Å². The maximum atomic E-state index is 14.2. The highest BCUT2D eigenvalue weighted by Crippen LogP contribution is 2.23. The predicted octanol–water partition coefficient (Wildman–Crippen LogP) is 2.74. The second-order valence-corrected chi connectivity index (χ2v) is 7.79. The first kappa shape index (κ1) is 21.6. The molecule has 1 aromatic carbocycles. The molecule has 2 heterocycles. The molecule has 2 N–H and O–H groups in total. The molecule has 9 nitrogen and oxygen atoms in total. The standard InChI is InChI=1S/C20H25FN4O5/c1-20(2,3)30-19(27)24-23-18(26)13-10-14(21)12-15(11-13)25-17(4-7-22-25)29-16-5-8-28-9-6-16/h4,7,10-12,16H,5-6,8-9H2,1-3H3,(H,23,26)(H,24,27). The van der Waals surface area contributed by atoms with Crippen LogP contribution in [0.4, 0.5) is 9.18 Å². The first-order valence-corrected chi connectivity index (χ1v) is 9.60. The van der Waals surface area contributed by atoms with Gasteiger partial charge in [0.1, 0.15) is 17.5 Å². The molecule has 0 radical (unpaired) electrons. The summed E-state index contributed by atoms with van der Waals surface area (Å²) in [6, 6.07) is 5.41. The Kier molecular flexibility index (Phi) is 6.56. The van der Waals surface area contributed by atoms with E-state index in [1.165, 1.54) is 23.0 Å². The molecule has 0 bridgehead atoms. The SMILES string of the molecule is CC(C)(C)OC(=O)NNC(=O)c1cc(F)cc(-n2nccc2OC2CCOCC2)c1. The average molecular weight is 420 g/mol. The Bertz CT molecular complexity index is 903. The zero-order chi connectivity index (χ0) is 21.7. The Morgan fingerprint density at radius 2 is 1.93 bits per heavy atom. The lowest BCUT2D eigenvalue weighted by atomic mass is 10.1. The van der Waals surface area contributed by atoms with E-state index in [0.717, 1.165) is 18.9 Å². The maximum Gasteiger partial charge on any atom is 0.426 e. The van der Waals surface area contributed by atoms with E-state index in [2.05, 4.69) is 16.0 Å². The second kappa shape index (κ2) is 9.12. The highest BCUT2D eigenvalue weighted by Gasteiger charge is 2.20. The Morgan fingerprint density at radius 1 is 1.20 bits per heavy atom. The van der Waals surface area contributed by atoms with Crippen molar-refractivity contribution < 1.29 is 28.2 Å². The third-order valence-electron chi connectivity index (χ3n) is 4.13. The van der Waals surface area contributed by atoms with Gasteiger partial charge in [0.2, 0.25) is 5.88 Å². The van der Waals surface area contributed by atoms with Crippen LogP contribution in [0.2, 0.25) is 0 Å². The Labute approximate surface area is 173 Å². The monoisotopic (exact) mass is 420 g/mol. The Balaban J connectivity index is 1.72. The predicted molar refractivity (Wildman–Crippen MR) is 105 cm³/mol. The highest BCUT2D eigenvalue weighted by atomic mass is 19.1. The third-order valence-corrected chi connectivity index (χ3v) is 4.13. The van der Waals surface area contributed by atoms with E-state index in [1.54, 1.807) is 26.8 Å². The smallest absolute Gasteiger partial charge is 0.426 e. The van der Waals surface area contributed by atoms with E-state index in [1.807, 2.05) is 0 Å². The van der Waals surface area contributed by atoms with E-state index < -0.39 is 23.4 Å². The van der Waals surface area contributed by atoms with Crippen LogP contribution in [0.3, 0.4) is 0 Å². The summed E-state index contributed by atoms with van der Waals surface area (Å²) in [5.74, 6) is -0.908. The van der Waals surface area contributed by atoms with Crippen molar-refractivity contribution in [2.24, 2.45) is 0 Å². The number of nitrogens with one attached hydrogen (secondary N) is 2. The van der Waals surface area contributed by atoms with Gasteiger partial charge < -0.3 is 14.2 Å². The molecule has 1 saturated heterocycles. The number of hydrogen-bond donors (Lipinski definition) is 2. The van der Waals surface area contributed by atoms with Gasteiger partial charge in [-0.3, -0.25) is 10.2 Å². The number of halogens is 1. The van der Waals surface area contributed by atoms with Gasteiger partial charge in [-0.2, -0.15) is 5.10 Å². The molecule has 3 rings (SSSR count). The van der Waals surface area contributed by atoms with Gasteiger partial charge in [-0.05, 0) is 39.0 Å². The normalized spacial score (nSPS) is 14.8. The number of benzene rings is 1. The van der Waals surface area contributed by atoms with Gasteiger partial charge in [0, 0.05) is 24.5 Å². The molecular weight excluding hydrogens is 395 g/mol. The van der Waals surface area contributed by atoms with Gasteiger partial charge in [-0.15, -0.1) is 0 Å². The van der Waals surface area contributed by atoms with Gasteiger partial charge in [-0.1, -0.05) is 0 Å². The minimum Gasteiger partial charge on any atom is -0.474 e. The summed E-state index contributed by atoms with van der Waals surface area (Å²) in [7, 11) is 0. The van der Waals surface area contributed by atoms with Gasteiger partial charge in [0.05, 0.1) is 25.1 Å². The van der Waals surface area contributed by atoms with Gasteiger partial charge in [0.25, 0.3) is 5.91 Å². The van der Waals surface area contributed by atoms with Crippen molar-refractivity contribution in [3.63, 3.8) is 0 Å². The first-order chi connectivity index (χ1) is 14.2. The molecule has 0 saturated carbocycles. The van der Waals surface area contributed by atoms with Crippen molar-refractivity contribution in [2.75, 3.05) is 13.2 Å². The van der Waals surface area contributed by atoms with Crippen molar-refractivity contribution >= 4 is 12.0 Å². The number of hydrogen-bond acceptors (Lipinski definition) is 6. The fourth-order valence-corrected chi connectivity index (χ4v) is 2.85. The quantitative estimate of drug-likeness (QED) is 0.738. The van der Waals surface area contributed by atoms with E-state index in [0.29, 0.717) is 24.8 Å². The first-order valence-electron chi connectivity index (χ1n) is 9.60. The second-order valence-electron chi connectivity index (χ2n) is 7.79. The molecule has 2 amide bonds. The zero-order valence-electron chi connectivity index (χ0n) is 17.1. The lowest BCUT2D eigenvalue weighted by Gasteiger charge is -2.23. The van der Waals surface area contributed by atoms with Crippen molar-refractivity contribution in [3.05, 3.63) is 41.8 Å². The summed E-state index contributed by atoms with van der Waals surface area (Å²) < 4.78 is 31.9. The zero-order valence-corrected chi connectivity index (χ0v) is 17.1. The summed E-state index contributed by atoms with van der Waals surface area (Å²) in [6.45, 7) is 6.31. The fourth-order valence-electron chi connectivity index (χ4n) is 2.85. The van der Waals surface area contributed by atoms with Crippen molar-refractivity contribution in [1.29, 1.82) is 0 Å². The van der Waals surface area contributed by atoms with Gasteiger partial charge >= 0.3 is 6.09 Å². The number of amides is 2. The third kappa shape index (κ3) is 5.93. The van der Waals surface area contributed by atoms with E-state index in [4.69, 9.17) is 14.2 Å². The number of nitrogens with zero attached hydrogens (tertiary/aromatic N) is 2. The minimum atomic E-state index is -0.827. The van der Waals surface area contributed by atoms with Crippen molar-refractivity contribution in [1.82, 2.24) is 20.6 Å². The molecule has 0 atom stereocenters. The largest absolute Gasteiger partial charge is 0.474 e. The van der Waals surface area contributed by atoms with E-state index in [-0.39, 0.29) is 11.7 Å². The molecule has 1 aromatic heterocycles. The number of rotatable bonds is 4. The molecule has 0 aliphatic carbocycles. The molecule has 30 heavy (non-hydrogen) atoms. The summed E-state index contributed by atoms with van der Waals surface area (Å²) in [5.41, 5.74) is 3.91. The molecule has 1 aliphatic rings. The van der Waals surface area contributed by atoms with Crippen LogP contribution in [0.1, 0.15) is 44.0 Å². The lowest BCUT2D eigenvalue weighted by molar-refractivity contribution is 0.0227. The van der Waals surface area contributed by atoms with Crippen LogP contribution in [0, 0.1) is 5.82 Å². The number of ether oxygens (including phenoxy) is 3. The van der Waals surface area contributed by atoms with E-state index in [9.17, 15) is 14.0 Å². The Hall–Kier alpha value is -3.14. The molecular formula is C20H25FN4O5. The van der Waals surface area contributed by atoms with Crippen LogP contribution < -0.4 is 15.6 Å². The van der Waals surface area contributed by atoms with Crippen LogP contribution in [0.25, 0.3) is 5.69 Å². The van der Waals surface area contributed by atoms with Crippen LogP contribution in [-0.4, -0.2) is 46.7 Å². The van der Waals surface area contributed by atoms with Crippen LogP contribution >= 0.6 is 0 Å². The Morgan fingerprint density at radius 3 is 2.63 bits per heavy atom. The minimum absolute atomic E-state index is 0.00595. The maximum absolute atomic E-state index is 14.2. The topological polar surface area (TPSA) is 104 Å². The summed E-state index contributed by atoms with van der Waals surface area (Å²) in [4.78, 5) is 24.1. The fraction of sp³-hybridized carbons (Fsp3) is 0.450. The summed E-state index contributed by atoms with van der Waals surface area (Å²) in [6.07, 6.45) is 2.18. The highest BCUT2D eigenvalue weighted by molar-refractivity contribution is 5.95. The number of aromatic nitrogens is 2. The van der Waals surface area contributed by atoms with Crippen molar-refractivity contribution in [2.45, 2.75) is 45.3 Å². The number of hydrazine groups is 1. The van der Waals surface area contributed by atoms with Gasteiger partial charge in [-0.25, -0.2) is 19.3 Å². The van der Waals surface area contributed by atoms with Crippen LogP contribution in [0.5, 0.6) is 5.88 Å². The number of carbonyl (C=O) groups is 2. The molecule has 0 spiro atoms. The number of carbonyl (C=O) groups excluding carboxylic acids is 2. The molecule has 10 heteroatoms. The van der Waals surface area contributed by atoms with Crippen molar-refractivity contribution in [3.8, 4) is 11.6 Å². The summed E-state index contributed by atoms with van der Waals surface area (Å²) >= 11 is 0. The molecule has 1 fully saturated rings.